The molecule has 0 bridgehead atoms. The van der Waals surface area contributed by atoms with E-state index in [9.17, 15) is 9.59 Å². The van der Waals surface area contributed by atoms with E-state index in [1.807, 2.05) is 4.52 Å². The first-order valence-electron chi connectivity index (χ1n) is 10.1. The average Bonchev–Trinajstić information content (AvgIpc) is 3.38. The molecular formula is C20H22N6O2S. The number of amides is 2. The fourth-order valence-electron chi connectivity index (χ4n) is 4.04. The molecule has 3 aromatic rings. The van der Waals surface area contributed by atoms with Crippen molar-refractivity contribution in [2.75, 3.05) is 19.6 Å². The lowest BCUT2D eigenvalue weighted by molar-refractivity contribution is 0.0652. The minimum absolute atomic E-state index is 0.201. The second-order valence-electron chi connectivity index (χ2n) is 7.55. The van der Waals surface area contributed by atoms with Crippen molar-refractivity contribution in [3.05, 3.63) is 46.2 Å². The van der Waals surface area contributed by atoms with Gasteiger partial charge in [0.1, 0.15) is 5.01 Å². The average molecular weight is 411 g/mol. The fraction of sp³-hybridized carbons (Fsp3) is 0.450. The molecule has 1 fully saturated rings. The van der Waals surface area contributed by atoms with Crippen molar-refractivity contribution in [2.24, 2.45) is 0 Å². The normalized spacial score (nSPS) is 17.4. The van der Waals surface area contributed by atoms with Gasteiger partial charge in [-0.1, -0.05) is 29.9 Å². The van der Waals surface area contributed by atoms with Gasteiger partial charge < -0.3 is 0 Å². The number of carbonyl (C=O) groups excluding carboxylic acids is 2. The van der Waals surface area contributed by atoms with Gasteiger partial charge in [-0.3, -0.25) is 19.4 Å². The third kappa shape index (κ3) is 3.44. The summed E-state index contributed by atoms with van der Waals surface area (Å²) >= 11 is 1.52. The van der Waals surface area contributed by atoms with Gasteiger partial charge in [0.2, 0.25) is 4.96 Å². The molecule has 8 nitrogen and oxygen atoms in total. The monoisotopic (exact) mass is 410 g/mol. The molecule has 2 aliphatic rings. The number of hydrogen-bond donors (Lipinski definition) is 0. The van der Waals surface area contributed by atoms with Crippen molar-refractivity contribution in [3.8, 4) is 0 Å². The molecule has 1 aromatic carbocycles. The number of carbonyl (C=O) groups is 2. The first-order chi connectivity index (χ1) is 14.2. The predicted octanol–water partition coefficient (Wildman–Crippen LogP) is 2.40. The van der Waals surface area contributed by atoms with Crippen molar-refractivity contribution in [1.82, 2.24) is 29.6 Å². The van der Waals surface area contributed by atoms with Crippen molar-refractivity contribution >= 4 is 28.1 Å². The van der Waals surface area contributed by atoms with Crippen LogP contribution in [-0.2, 0) is 13.0 Å². The molecule has 0 saturated carbocycles. The summed E-state index contributed by atoms with van der Waals surface area (Å²) in [6.45, 7) is 3.38. The maximum absolute atomic E-state index is 12.4. The van der Waals surface area contributed by atoms with E-state index in [0.717, 1.165) is 35.4 Å². The number of rotatable bonds is 6. The van der Waals surface area contributed by atoms with Gasteiger partial charge in [-0.25, -0.2) is 0 Å². The van der Waals surface area contributed by atoms with Gasteiger partial charge in [0, 0.05) is 13.0 Å². The molecule has 9 heteroatoms. The van der Waals surface area contributed by atoms with Crippen LogP contribution in [-0.4, -0.2) is 61.1 Å². The van der Waals surface area contributed by atoms with Crippen LogP contribution in [0, 0.1) is 0 Å². The zero-order chi connectivity index (χ0) is 19.8. The summed E-state index contributed by atoms with van der Waals surface area (Å²) in [5.41, 5.74) is 0.997. The number of hydrogen-bond acceptors (Lipinski definition) is 7. The van der Waals surface area contributed by atoms with Crippen LogP contribution in [0.2, 0.25) is 0 Å². The minimum Gasteiger partial charge on any atom is -0.296 e. The van der Waals surface area contributed by atoms with Gasteiger partial charge in [0.15, 0.2) is 5.82 Å². The molecule has 29 heavy (non-hydrogen) atoms. The van der Waals surface area contributed by atoms with Gasteiger partial charge in [0.05, 0.1) is 17.7 Å². The summed E-state index contributed by atoms with van der Waals surface area (Å²) in [5, 5.41) is 14.2. The molecule has 0 N–H and O–H groups in total. The molecular weight excluding hydrogens is 388 g/mol. The van der Waals surface area contributed by atoms with Gasteiger partial charge in [-0.05, 0) is 44.5 Å². The zero-order valence-electron chi connectivity index (χ0n) is 16.1. The van der Waals surface area contributed by atoms with Crippen LogP contribution in [0.5, 0.6) is 0 Å². The number of likely N-dealkylation sites (tertiary alicyclic amines) is 1. The summed E-state index contributed by atoms with van der Waals surface area (Å²) < 4.78 is 1.84. The van der Waals surface area contributed by atoms with Crippen LogP contribution in [0.3, 0.4) is 0 Å². The van der Waals surface area contributed by atoms with Gasteiger partial charge in [0.25, 0.3) is 11.8 Å². The van der Waals surface area contributed by atoms with Crippen molar-refractivity contribution in [2.45, 2.75) is 38.6 Å². The Hall–Kier alpha value is -2.65. The maximum atomic E-state index is 12.4. The molecule has 2 aromatic heterocycles. The van der Waals surface area contributed by atoms with Crippen molar-refractivity contribution in [3.63, 3.8) is 0 Å². The van der Waals surface area contributed by atoms with E-state index in [4.69, 9.17) is 0 Å². The third-order valence-electron chi connectivity index (χ3n) is 5.56. The molecule has 0 spiro atoms. The molecule has 0 atom stereocenters. The van der Waals surface area contributed by atoms with Crippen LogP contribution in [0.1, 0.15) is 57.2 Å². The summed E-state index contributed by atoms with van der Waals surface area (Å²) in [5.74, 6) is 0.477. The molecule has 0 aliphatic carbocycles. The Morgan fingerprint density at radius 3 is 2.41 bits per heavy atom. The van der Waals surface area contributed by atoms with Crippen LogP contribution >= 0.6 is 11.3 Å². The Labute approximate surface area is 172 Å². The second-order valence-corrected chi connectivity index (χ2v) is 8.59. The van der Waals surface area contributed by atoms with E-state index in [-0.39, 0.29) is 11.8 Å². The Morgan fingerprint density at radius 2 is 1.69 bits per heavy atom. The van der Waals surface area contributed by atoms with Gasteiger partial charge in [-0.2, -0.15) is 9.61 Å². The smallest absolute Gasteiger partial charge is 0.261 e. The fourth-order valence-corrected chi connectivity index (χ4v) is 4.94. The lowest BCUT2D eigenvalue weighted by Gasteiger charge is -2.25. The second kappa shape index (κ2) is 7.64. The van der Waals surface area contributed by atoms with Crippen molar-refractivity contribution < 1.29 is 9.59 Å². The quantitative estimate of drug-likeness (QED) is 0.580. The standard InChI is InChI=1S/C20H22N6O2S/c27-18-14-7-2-3-8-15(14)19(28)25(18)12-6-9-17-23-26-16(21-22-20(26)29-17)13-24-10-4-1-5-11-24/h2-3,7-8H,1,4-6,9-13H2. The number of imide groups is 1. The Balaban J connectivity index is 1.22. The van der Waals surface area contributed by atoms with Crippen LogP contribution in [0.4, 0.5) is 0 Å². The predicted molar refractivity (Wildman–Crippen MR) is 108 cm³/mol. The first kappa shape index (κ1) is 18.4. The highest BCUT2D eigenvalue weighted by atomic mass is 32.1. The first-order valence-corrected chi connectivity index (χ1v) is 10.9. The van der Waals surface area contributed by atoms with Crippen LogP contribution in [0.15, 0.2) is 24.3 Å². The number of nitrogens with zero attached hydrogens (tertiary/aromatic N) is 6. The van der Waals surface area contributed by atoms with Crippen LogP contribution in [0.25, 0.3) is 4.96 Å². The van der Waals surface area contributed by atoms with Crippen molar-refractivity contribution in [1.29, 1.82) is 0 Å². The molecule has 5 rings (SSSR count). The Kier molecular flexibility index (Phi) is 4.84. The largest absolute Gasteiger partial charge is 0.296 e. The summed E-state index contributed by atoms with van der Waals surface area (Å²) in [4.78, 5) is 29.4. The molecule has 4 heterocycles. The van der Waals surface area contributed by atoms with Gasteiger partial charge >= 0.3 is 0 Å². The summed E-state index contributed by atoms with van der Waals surface area (Å²) in [6.07, 6.45) is 5.16. The molecule has 1 saturated heterocycles. The van der Waals surface area contributed by atoms with E-state index >= 15 is 0 Å². The molecule has 0 unspecified atom stereocenters. The number of benzene rings is 1. The zero-order valence-corrected chi connectivity index (χ0v) is 16.9. The van der Waals surface area contributed by atoms with Crippen LogP contribution < -0.4 is 0 Å². The molecule has 2 aliphatic heterocycles. The highest BCUT2D eigenvalue weighted by Gasteiger charge is 2.34. The highest BCUT2D eigenvalue weighted by molar-refractivity contribution is 7.16. The number of aromatic nitrogens is 4. The topological polar surface area (TPSA) is 83.7 Å². The van der Waals surface area contributed by atoms with E-state index in [2.05, 4.69) is 20.2 Å². The number of piperidine rings is 1. The van der Waals surface area contributed by atoms with E-state index in [1.165, 1.54) is 35.5 Å². The minimum atomic E-state index is -0.201. The van der Waals surface area contributed by atoms with E-state index < -0.39 is 0 Å². The van der Waals surface area contributed by atoms with E-state index in [0.29, 0.717) is 30.5 Å². The van der Waals surface area contributed by atoms with E-state index in [1.54, 1.807) is 24.3 Å². The van der Waals surface area contributed by atoms with Gasteiger partial charge in [-0.15, -0.1) is 10.2 Å². The third-order valence-corrected chi connectivity index (χ3v) is 6.52. The SMILES string of the molecule is O=C1c2ccccc2C(=O)N1CCCc1nn2c(CN3CCCCC3)nnc2s1. The highest BCUT2D eigenvalue weighted by Crippen LogP contribution is 2.23. The number of aryl methyl sites for hydroxylation is 1. The lowest BCUT2D eigenvalue weighted by atomic mass is 10.1. The summed E-state index contributed by atoms with van der Waals surface area (Å²) in [7, 11) is 0. The summed E-state index contributed by atoms with van der Waals surface area (Å²) in [6, 6.07) is 6.99. The number of fused-ring (bicyclic) bond motifs is 2. The molecule has 150 valence electrons. The lowest BCUT2D eigenvalue weighted by Crippen LogP contribution is -2.31. The molecule has 0 radical (unpaired) electrons. The Morgan fingerprint density at radius 1 is 0.966 bits per heavy atom. The molecule has 2 amide bonds. The maximum Gasteiger partial charge on any atom is 0.261 e. The Bertz CT molecular complexity index is 1030.